The van der Waals surface area contributed by atoms with Crippen molar-refractivity contribution in [3.05, 3.63) is 47.7 Å². The molecule has 0 unspecified atom stereocenters. The number of oxazole rings is 1. The third kappa shape index (κ3) is 3.13. The fourth-order valence-electron chi connectivity index (χ4n) is 1.68. The van der Waals surface area contributed by atoms with Gasteiger partial charge in [-0.25, -0.2) is 4.98 Å². The van der Waals surface area contributed by atoms with Gasteiger partial charge in [0.1, 0.15) is 5.76 Å². The van der Waals surface area contributed by atoms with Crippen molar-refractivity contribution in [3.63, 3.8) is 0 Å². The van der Waals surface area contributed by atoms with Crippen molar-refractivity contribution in [2.24, 2.45) is 0 Å². The Bertz CT molecular complexity index is 576. The SMILES string of the molecule is Cc1ncoc1CNC(=O)c1cccc(N(C)C)c1. The molecule has 1 aromatic carbocycles. The van der Waals surface area contributed by atoms with Crippen LogP contribution in [0.4, 0.5) is 5.69 Å². The summed E-state index contributed by atoms with van der Waals surface area (Å²) in [6.07, 6.45) is 1.38. The van der Waals surface area contributed by atoms with E-state index >= 15 is 0 Å². The van der Waals surface area contributed by atoms with Crippen LogP contribution in [0, 0.1) is 6.92 Å². The maximum absolute atomic E-state index is 12.0. The number of aromatic nitrogens is 1. The van der Waals surface area contributed by atoms with Crippen LogP contribution in [0.15, 0.2) is 35.1 Å². The van der Waals surface area contributed by atoms with Crippen molar-refractivity contribution in [2.45, 2.75) is 13.5 Å². The fraction of sp³-hybridized carbons (Fsp3) is 0.286. The Hall–Kier alpha value is -2.30. The third-order valence-electron chi connectivity index (χ3n) is 2.88. The van der Waals surface area contributed by atoms with Gasteiger partial charge in [0.2, 0.25) is 0 Å². The van der Waals surface area contributed by atoms with Crippen LogP contribution in [0.1, 0.15) is 21.8 Å². The Labute approximate surface area is 112 Å². The van der Waals surface area contributed by atoms with E-state index in [9.17, 15) is 4.79 Å². The first kappa shape index (κ1) is 13.1. The van der Waals surface area contributed by atoms with E-state index in [0.29, 0.717) is 17.9 Å². The summed E-state index contributed by atoms with van der Waals surface area (Å²) in [6.45, 7) is 2.19. The van der Waals surface area contributed by atoms with E-state index in [1.807, 2.05) is 44.1 Å². The molecule has 100 valence electrons. The van der Waals surface area contributed by atoms with Crippen LogP contribution >= 0.6 is 0 Å². The molecule has 0 saturated carbocycles. The lowest BCUT2D eigenvalue weighted by Crippen LogP contribution is -2.23. The molecule has 2 rings (SSSR count). The molecule has 0 radical (unpaired) electrons. The van der Waals surface area contributed by atoms with Crippen LogP contribution < -0.4 is 10.2 Å². The molecule has 0 aliphatic carbocycles. The number of carbonyl (C=O) groups is 1. The van der Waals surface area contributed by atoms with Crippen molar-refractivity contribution < 1.29 is 9.21 Å². The van der Waals surface area contributed by atoms with Crippen molar-refractivity contribution in [1.82, 2.24) is 10.3 Å². The summed E-state index contributed by atoms with van der Waals surface area (Å²) in [7, 11) is 3.88. The van der Waals surface area contributed by atoms with E-state index in [1.165, 1.54) is 6.39 Å². The summed E-state index contributed by atoms with van der Waals surface area (Å²) in [5, 5.41) is 2.82. The predicted octanol–water partition coefficient (Wildman–Crippen LogP) is 1.98. The number of rotatable bonds is 4. The van der Waals surface area contributed by atoms with Gasteiger partial charge < -0.3 is 14.6 Å². The van der Waals surface area contributed by atoms with Gasteiger partial charge in [-0.2, -0.15) is 0 Å². The average molecular weight is 259 g/mol. The number of benzene rings is 1. The summed E-state index contributed by atoms with van der Waals surface area (Å²) in [6, 6.07) is 7.46. The van der Waals surface area contributed by atoms with Crippen molar-refractivity contribution in [3.8, 4) is 0 Å². The first-order valence-corrected chi connectivity index (χ1v) is 6.02. The van der Waals surface area contributed by atoms with Gasteiger partial charge >= 0.3 is 0 Å². The van der Waals surface area contributed by atoms with Gasteiger partial charge in [-0.05, 0) is 25.1 Å². The zero-order valence-electron chi connectivity index (χ0n) is 11.3. The van der Waals surface area contributed by atoms with Crippen molar-refractivity contribution >= 4 is 11.6 Å². The monoisotopic (exact) mass is 259 g/mol. The Morgan fingerprint density at radius 1 is 1.42 bits per heavy atom. The normalized spacial score (nSPS) is 10.3. The molecule has 0 aliphatic heterocycles. The van der Waals surface area contributed by atoms with Crippen LogP contribution in [0.5, 0.6) is 0 Å². The molecule has 1 N–H and O–H groups in total. The fourth-order valence-corrected chi connectivity index (χ4v) is 1.68. The largest absolute Gasteiger partial charge is 0.446 e. The lowest BCUT2D eigenvalue weighted by Gasteiger charge is -2.13. The molecular weight excluding hydrogens is 242 g/mol. The van der Waals surface area contributed by atoms with E-state index in [-0.39, 0.29) is 5.91 Å². The van der Waals surface area contributed by atoms with Gasteiger partial charge in [-0.15, -0.1) is 0 Å². The first-order valence-electron chi connectivity index (χ1n) is 6.02. The van der Waals surface area contributed by atoms with Gasteiger partial charge in [0.25, 0.3) is 5.91 Å². The molecule has 0 saturated heterocycles. The van der Waals surface area contributed by atoms with Crippen LogP contribution in [-0.2, 0) is 6.54 Å². The first-order chi connectivity index (χ1) is 9.08. The van der Waals surface area contributed by atoms with Crippen molar-refractivity contribution in [1.29, 1.82) is 0 Å². The standard InChI is InChI=1S/C14H17N3O2/c1-10-13(19-9-16-10)8-15-14(18)11-5-4-6-12(7-11)17(2)3/h4-7,9H,8H2,1-3H3,(H,15,18). The van der Waals surface area contributed by atoms with Gasteiger partial charge in [-0.3, -0.25) is 4.79 Å². The maximum Gasteiger partial charge on any atom is 0.251 e. The zero-order valence-corrected chi connectivity index (χ0v) is 11.3. The number of carbonyl (C=O) groups excluding carboxylic acids is 1. The summed E-state index contributed by atoms with van der Waals surface area (Å²) in [5.74, 6) is 0.552. The van der Waals surface area contributed by atoms with Crippen LogP contribution in [0.25, 0.3) is 0 Å². The molecule has 0 aliphatic rings. The topological polar surface area (TPSA) is 58.4 Å². The highest BCUT2D eigenvalue weighted by atomic mass is 16.3. The van der Waals surface area contributed by atoms with Gasteiger partial charge in [-0.1, -0.05) is 6.07 Å². The lowest BCUT2D eigenvalue weighted by molar-refractivity contribution is 0.0948. The minimum Gasteiger partial charge on any atom is -0.446 e. The zero-order chi connectivity index (χ0) is 13.8. The predicted molar refractivity (Wildman–Crippen MR) is 73.2 cm³/mol. The molecule has 5 heteroatoms. The Kier molecular flexibility index (Phi) is 3.85. The number of nitrogens with zero attached hydrogens (tertiary/aromatic N) is 2. The highest BCUT2D eigenvalue weighted by Crippen LogP contribution is 2.13. The van der Waals surface area contributed by atoms with Crippen LogP contribution in [0.3, 0.4) is 0 Å². The van der Waals surface area contributed by atoms with E-state index in [2.05, 4.69) is 10.3 Å². The second-order valence-corrected chi connectivity index (χ2v) is 4.49. The minimum atomic E-state index is -0.125. The molecule has 1 heterocycles. The van der Waals surface area contributed by atoms with Crippen LogP contribution in [0.2, 0.25) is 0 Å². The second kappa shape index (κ2) is 5.56. The third-order valence-corrected chi connectivity index (χ3v) is 2.88. The molecule has 1 aromatic heterocycles. The van der Waals surface area contributed by atoms with E-state index in [4.69, 9.17) is 4.42 Å². The lowest BCUT2D eigenvalue weighted by atomic mass is 10.2. The Morgan fingerprint density at radius 3 is 2.84 bits per heavy atom. The number of amides is 1. The molecule has 5 nitrogen and oxygen atoms in total. The Balaban J connectivity index is 2.04. The molecule has 19 heavy (non-hydrogen) atoms. The van der Waals surface area contributed by atoms with Gasteiger partial charge in [0, 0.05) is 25.3 Å². The molecular formula is C14H17N3O2. The summed E-state index contributed by atoms with van der Waals surface area (Å²) >= 11 is 0. The number of aryl methyl sites for hydroxylation is 1. The van der Waals surface area contributed by atoms with Crippen LogP contribution in [-0.4, -0.2) is 25.0 Å². The molecule has 0 spiro atoms. The minimum absolute atomic E-state index is 0.125. The maximum atomic E-state index is 12.0. The highest BCUT2D eigenvalue weighted by Gasteiger charge is 2.09. The molecule has 1 amide bonds. The average Bonchev–Trinajstić information content (AvgIpc) is 2.81. The summed E-state index contributed by atoms with van der Waals surface area (Å²) in [4.78, 5) is 18.0. The number of hydrogen-bond acceptors (Lipinski definition) is 4. The number of nitrogens with one attached hydrogen (secondary N) is 1. The van der Waals surface area contributed by atoms with E-state index < -0.39 is 0 Å². The Morgan fingerprint density at radius 2 is 2.21 bits per heavy atom. The van der Waals surface area contributed by atoms with E-state index in [1.54, 1.807) is 6.07 Å². The summed E-state index contributed by atoms with van der Waals surface area (Å²) < 4.78 is 5.18. The number of hydrogen-bond donors (Lipinski definition) is 1. The van der Waals surface area contributed by atoms with Crippen molar-refractivity contribution in [2.75, 3.05) is 19.0 Å². The molecule has 0 atom stereocenters. The second-order valence-electron chi connectivity index (χ2n) is 4.49. The summed E-state index contributed by atoms with van der Waals surface area (Å²) in [5.41, 5.74) is 2.41. The number of anilines is 1. The van der Waals surface area contributed by atoms with E-state index in [0.717, 1.165) is 11.4 Å². The highest BCUT2D eigenvalue weighted by molar-refractivity contribution is 5.95. The van der Waals surface area contributed by atoms with Gasteiger partial charge in [0.05, 0.1) is 12.2 Å². The smallest absolute Gasteiger partial charge is 0.251 e. The quantitative estimate of drug-likeness (QED) is 0.912. The molecule has 0 fully saturated rings. The molecule has 0 bridgehead atoms. The molecule has 2 aromatic rings. The van der Waals surface area contributed by atoms with Gasteiger partial charge in [0.15, 0.2) is 6.39 Å².